The van der Waals surface area contributed by atoms with E-state index in [2.05, 4.69) is 19.5 Å². The zero-order chi connectivity index (χ0) is 24.8. The highest BCUT2D eigenvalue weighted by Gasteiger charge is 2.17. The predicted molar refractivity (Wildman–Crippen MR) is 135 cm³/mol. The number of nitrogens with zero attached hydrogens (tertiary/aromatic N) is 3. The Morgan fingerprint density at radius 2 is 1.77 bits per heavy atom. The van der Waals surface area contributed by atoms with Crippen LogP contribution in [-0.2, 0) is 16.1 Å². The maximum atomic E-state index is 12.6. The fourth-order valence-electron chi connectivity index (χ4n) is 4.42. The molecule has 1 amide bonds. The summed E-state index contributed by atoms with van der Waals surface area (Å²) in [5.41, 5.74) is 9.39. The number of nitrogens with one attached hydrogen (secondary N) is 2. The number of carbonyl (C=O) groups excluding carboxylic acids is 2. The number of fused-ring (bicyclic) bond motifs is 1. The van der Waals surface area contributed by atoms with Gasteiger partial charge in [-0.05, 0) is 44.1 Å². The van der Waals surface area contributed by atoms with E-state index in [4.69, 9.17) is 16.1 Å². The summed E-state index contributed by atoms with van der Waals surface area (Å²) in [4.78, 5) is 31.3. The molecule has 1 saturated heterocycles. The quantitative estimate of drug-likeness (QED) is 0.248. The van der Waals surface area contributed by atoms with E-state index in [1.54, 1.807) is 12.1 Å². The summed E-state index contributed by atoms with van der Waals surface area (Å²) in [5.74, 6) is 0.216. The number of rotatable bonds is 9. The van der Waals surface area contributed by atoms with Gasteiger partial charge in [-0.15, -0.1) is 0 Å². The topological polar surface area (TPSA) is 126 Å². The molecular formula is C26H32N6O3. The van der Waals surface area contributed by atoms with Crippen LogP contribution in [-0.4, -0.2) is 65.5 Å². The number of hydrogen-bond acceptors (Lipinski definition) is 6. The number of ether oxygens (including phenoxy) is 1. The molecule has 0 radical (unpaired) electrons. The summed E-state index contributed by atoms with van der Waals surface area (Å²) >= 11 is 0. The number of methoxy groups -OCH3 is 1. The molecule has 184 valence electrons. The van der Waals surface area contributed by atoms with Crippen molar-refractivity contribution in [3.05, 3.63) is 53.6 Å². The summed E-state index contributed by atoms with van der Waals surface area (Å²) in [6.45, 7) is 4.16. The number of nitrogen functional groups attached to an aromatic ring is 1. The molecule has 1 aliphatic rings. The minimum atomic E-state index is -0.367. The monoisotopic (exact) mass is 476 g/mol. The molecule has 4 N–H and O–H groups in total. The number of benzene rings is 2. The average molecular weight is 477 g/mol. The van der Waals surface area contributed by atoms with Crippen LogP contribution in [0, 0.1) is 5.41 Å². The average Bonchev–Trinajstić information content (AvgIpc) is 3.25. The lowest BCUT2D eigenvalue weighted by Gasteiger charge is -2.26. The standard InChI is InChI=1S/C26H32N6O3/c1-35-23(33)11-12-29-26(34)20-9-10-22-21(17-20)30-25(19-7-5-18(6-8-19)24(27)28)32(22)16-15-31-13-3-2-4-14-31/h5-10,17H,2-4,11-16H2,1H3,(H3,27,28)(H,29,34). The number of imidazole rings is 1. The molecule has 0 bridgehead atoms. The van der Waals surface area contributed by atoms with Crippen LogP contribution in [0.15, 0.2) is 42.5 Å². The van der Waals surface area contributed by atoms with E-state index >= 15 is 0 Å². The molecule has 2 aromatic carbocycles. The second kappa shape index (κ2) is 11.1. The number of carbonyl (C=O) groups is 2. The highest BCUT2D eigenvalue weighted by atomic mass is 16.5. The van der Waals surface area contributed by atoms with Crippen molar-refractivity contribution in [3.8, 4) is 11.4 Å². The van der Waals surface area contributed by atoms with Gasteiger partial charge in [0.15, 0.2) is 0 Å². The minimum absolute atomic E-state index is 0.0259. The van der Waals surface area contributed by atoms with Crippen LogP contribution >= 0.6 is 0 Å². The number of esters is 1. The Kier molecular flexibility index (Phi) is 7.77. The molecular weight excluding hydrogens is 444 g/mol. The lowest BCUT2D eigenvalue weighted by atomic mass is 10.1. The molecule has 0 unspecified atom stereocenters. The highest BCUT2D eigenvalue weighted by Crippen LogP contribution is 2.26. The van der Waals surface area contributed by atoms with Crippen molar-refractivity contribution in [1.29, 1.82) is 5.41 Å². The summed E-state index contributed by atoms with van der Waals surface area (Å²) in [5, 5.41) is 10.4. The normalized spacial score (nSPS) is 14.1. The smallest absolute Gasteiger partial charge is 0.307 e. The molecule has 0 saturated carbocycles. The van der Waals surface area contributed by atoms with Crippen LogP contribution in [0.2, 0.25) is 0 Å². The Balaban J connectivity index is 1.62. The van der Waals surface area contributed by atoms with Gasteiger partial charge < -0.3 is 25.3 Å². The van der Waals surface area contributed by atoms with Crippen molar-refractivity contribution in [3.63, 3.8) is 0 Å². The van der Waals surface area contributed by atoms with E-state index in [0.717, 1.165) is 48.6 Å². The molecule has 1 fully saturated rings. The van der Waals surface area contributed by atoms with Gasteiger partial charge in [-0.2, -0.15) is 0 Å². The second-order valence-corrected chi connectivity index (χ2v) is 8.77. The van der Waals surface area contributed by atoms with Gasteiger partial charge in [0, 0.05) is 36.3 Å². The van der Waals surface area contributed by atoms with Crippen molar-refractivity contribution in [2.75, 3.05) is 33.3 Å². The van der Waals surface area contributed by atoms with Crippen molar-refractivity contribution in [1.82, 2.24) is 19.8 Å². The lowest BCUT2D eigenvalue weighted by molar-refractivity contribution is -0.140. The zero-order valence-corrected chi connectivity index (χ0v) is 20.0. The first kappa shape index (κ1) is 24.4. The third-order valence-corrected chi connectivity index (χ3v) is 6.40. The Hall–Kier alpha value is -3.72. The maximum Gasteiger partial charge on any atom is 0.307 e. The molecule has 1 aromatic heterocycles. The molecule has 1 aliphatic heterocycles. The van der Waals surface area contributed by atoms with E-state index in [1.165, 1.54) is 26.4 Å². The third kappa shape index (κ3) is 5.86. The van der Waals surface area contributed by atoms with Gasteiger partial charge in [-0.3, -0.25) is 15.0 Å². The van der Waals surface area contributed by atoms with Crippen molar-refractivity contribution >= 4 is 28.7 Å². The minimum Gasteiger partial charge on any atom is -0.469 e. The molecule has 9 nitrogen and oxygen atoms in total. The predicted octanol–water partition coefficient (Wildman–Crippen LogP) is 2.77. The van der Waals surface area contributed by atoms with Crippen LogP contribution < -0.4 is 11.1 Å². The first-order valence-corrected chi connectivity index (χ1v) is 12.0. The van der Waals surface area contributed by atoms with Gasteiger partial charge in [-0.1, -0.05) is 30.7 Å². The Morgan fingerprint density at radius 3 is 2.46 bits per heavy atom. The summed E-state index contributed by atoms with van der Waals surface area (Å²) in [6.07, 6.45) is 3.88. The van der Waals surface area contributed by atoms with Crippen LogP contribution in [0.1, 0.15) is 41.6 Å². The van der Waals surface area contributed by atoms with Gasteiger partial charge in [0.1, 0.15) is 11.7 Å². The van der Waals surface area contributed by atoms with Gasteiger partial charge in [0.25, 0.3) is 5.91 Å². The fourth-order valence-corrected chi connectivity index (χ4v) is 4.42. The largest absolute Gasteiger partial charge is 0.469 e. The number of nitrogens with two attached hydrogens (primary N) is 1. The Labute approximate surface area is 204 Å². The molecule has 2 heterocycles. The molecule has 3 aromatic rings. The Morgan fingerprint density at radius 1 is 1.06 bits per heavy atom. The van der Waals surface area contributed by atoms with E-state index in [9.17, 15) is 9.59 Å². The second-order valence-electron chi connectivity index (χ2n) is 8.77. The van der Waals surface area contributed by atoms with Crippen molar-refractivity contribution in [2.45, 2.75) is 32.2 Å². The number of hydrogen-bond donors (Lipinski definition) is 3. The SMILES string of the molecule is COC(=O)CCNC(=O)c1ccc2c(c1)nc(-c1ccc(C(=N)N)cc1)n2CCN1CCCCC1. The van der Waals surface area contributed by atoms with Crippen molar-refractivity contribution in [2.24, 2.45) is 5.73 Å². The molecule has 4 rings (SSSR count). The number of amides is 1. The van der Waals surface area contributed by atoms with E-state index in [-0.39, 0.29) is 30.7 Å². The zero-order valence-electron chi connectivity index (χ0n) is 20.0. The Bertz CT molecular complexity index is 1210. The summed E-state index contributed by atoms with van der Waals surface area (Å²) in [7, 11) is 1.32. The summed E-state index contributed by atoms with van der Waals surface area (Å²) < 4.78 is 6.82. The highest BCUT2D eigenvalue weighted by molar-refractivity contribution is 5.98. The van der Waals surface area contributed by atoms with Crippen LogP contribution in [0.25, 0.3) is 22.4 Å². The van der Waals surface area contributed by atoms with Gasteiger partial charge in [-0.25, -0.2) is 4.98 Å². The van der Waals surface area contributed by atoms with E-state index in [1.807, 2.05) is 30.3 Å². The van der Waals surface area contributed by atoms with E-state index in [0.29, 0.717) is 11.1 Å². The molecule has 0 atom stereocenters. The van der Waals surface area contributed by atoms with Crippen LogP contribution in [0.4, 0.5) is 0 Å². The van der Waals surface area contributed by atoms with Crippen LogP contribution in [0.3, 0.4) is 0 Å². The van der Waals surface area contributed by atoms with E-state index < -0.39 is 0 Å². The number of amidine groups is 1. The van der Waals surface area contributed by atoms with Gasteiger partial charge in [0.2, 0.25) is 0 Å². The maximum absolute atomic E-state index is 12.6. The number of aromatic nitrogens is 2. The lowest BCUT2D eigenvalue weighted by Crippen LogP contribution is -2.32. The number of piperidine rings is 1. The van der Waals surface area contributed by atoms with Gasteiger partial charge >= 0.3 is 5.97 Å². The van der Waals surface area contributed by atoms with Crippen LogP contribution in [0.5, 0.6) is 0 Å². The van der Waals surface area contributed by atoms with Gasteiger partial charge in [0.05, 0.1) is 24.6 Å². The van der Waals surface area contributed by atoms with Crippen molar-refractivity contribution < 1.29 is 14.3 Å². The molecule has 0 spiro atoms. The third-order valence-electron chi connectivity index (χ3n) is 6.40. The first-order valence-electron chi connectivity index (χ1n) is 12.0. The molecule has 9 heteroatoms. The molecule has 0 aliphatic carbocycles. The number of likely N-dealkylation sites (tertiary alicyclic amines) is 1. The fraction of sp³-hybridized carbons (Fsp3) is 0.385. The first-order chi connectivity index (χ1) is 17.0. The molecule has 35 heavy (non-hydrogen) atoms. The summed E-state index contributed by atoms with van der Waals surface area (Å²) in [6, 6.07) is 13.0.